The van der Waals surface area contributed by atoms with Gasteiger partial charge in [-0.15, -0.1) is 0 Å². The molecule has 4 atom stereocenters. The number of carbonyl (C=O) groups is 3. The highest BCUT2D eigenvalue weighted by Crippen LogP contribution is 2.26. The molecule has 0 radical (unpaired) electrons. The first-order valence-electron chi connectivity index (χ1n) is 11.4. The molecule has 1 saturated heterocycles. The molecule has 2 amide bonds. The largest absolute Gasteiger partial charge is 0.478 e. The number of aliphatic carboxylic acids is 1. The number of piperidine rings is 1. The number of carboxylic acids is 1. The number of carboxylic acid groups (broad SMARTS) is 1. The molecule has 0 saturated carbocycles. The van der Waals surface area contributed by atoms with Crippen LogP contribution in [-0.4, -0.2) is 71.5 Å². The van der Waals surface area contributed by atoms with Crippen LogP contribution in [-0.2, 0) is 14.4 Å². The van der Waals surface area contributed by atoms with Crippen LogP contribution in [0.3, 0.4) is 0 Å². The van der Waals surface area contributed by atoms with Gasteiger partial charge in [0.1, 0.15) is 6.04 Å². The standard InChI is InChI=1S/C24H43N3O4/c1-10-17-11-12-18(26(8)14-17)21(28)25-20(24(5,6)7)22(29)27(9)19(15(2)3)13-16(4)23(30)31/h13,15,17-20H,10-12,14H2,1-9H3,(H,25,28)(H,30,31)/t17-,18-,19-,20-/m1/s1. The minimum Gasteiger partial charge on any atom is -0.478 e. The molecule has 0 aromatic carbocycles. The molecule has 7 nitrogen and oxygen atoms in total. The molecule has 1 rings (SSSR count). The van der Waals surface area contributed by atoms with Crippen LogP contribution in [0.15, 0.2) is 11.6 Å². The first-order chi connectivity index (χ1) is 14.2. The van der Waals surface area contributed by atoms with Crippen molar-refractivity contribution in [3.8, 4) is 0 Å². The van der Waals surface area contributed by atoms with E-state index in [2.05, 4.69) is 17.1 Å². The summed E-state index contributed by atoms with van der Waals surface area (Å²) in [5.74, 6) is -0.694. The monoisotopic (exact) mass is 437 g/mol. The average molecular weight is 438 g/mol. The molecule has 0 spiro atoms. The molecule has 1 aliphatic rings. The lowest BCUT2D eigenvalue weighted by atomic mass is 9.84. The topological polar surface area (TPSA) is 90.0 Å². The van der Waals surface area contributed by atoms with Gasteiger partial charge in [-0.1, -0.05) is 54.0 Å². The van der Waals surface area contributed by atoms with Gasteiger partial charge in [0, 0.05) is 19.2 Å². The number of likely N-dealkylation sites (N-methyl/N-ethyl adjacent to an activating group) is 2. The van der Waals surface area contributed by atoms with Crippen molar-refractivity contribution in [2.45, 2.75) is 85.9 Å². The van der Waals surface area contributed by atoms with Gasteiger partial charge in [-0.05, 0) is 44.1 Å². The number of nitrogens with one attached hydrogen (secondary N) is 1. The van der Waals surface area contributed by atoms with Gasteiger partial charge < -0.3 is 15.3 Å². The number of carbonyl (C=O) groups excluding carboxylic acids is 2. The fourth-order valence-corrected chi connectivity index (χ4v) is 4.22. The van der Waals surface area contributed by atoms with Crippen LogP contribution in [0.1, 0.15) is 67.7 Å². The summed E-state index contributed by atoms with van der Waals surface area (Å²) in [7, 11) is 3.66. The maximum atomic E-state index is 13.5. The Morgan fingerprint density at radius 2 is 1.81 bits per heavy atom. The zero-order valence-corrected chi connectivity index (χ0v) is 20.9. The number of likely N-dealkylation sites (tertiary alicyclic amines) is 1. The van der Waals surface area contributed by atoms with Gasteiger partial charge in [0.05, 0.1) is 12.1 Å². The van der Waals surface area contributed by atoms with E-state index in [0.717, 1.165) is 25.8 Å². The maximum absolute atomic E-state index is 13.5. The molecule has 178 valence electrons. The zero-order chi connectivity index (χ0) is 24.1. The van der Waals surface area contributed by atoms with E-state index in [-0.39, 0.29) is 35.4 Å². The van der Waals surface area contributed by atoms with Gasteiger partial charge >= 0.3 is 5.97 Å². The first-order valence-corrected chi connectivity index (χ1v) is 11.4. The van der Waals surface area contributed by atoms with Crippen molar-refractivity contribution in [2.24, 2.45) is 17.3 Å². The summed E-state index contributed by atoms with van der Waals surface area (Å²) in [5, 5.41) is 12.3. The second-order valence-corrected chi connectivity index (χ2v) is 10.5. The lowest BCUT2D eigenvalue weighted by Crippen LogP contribution is -2.60. The fourth-order valence-electron chi connectivity index (χ4n) is 4.22. The summed E-state index contributed by atoms with van der Waals surface area (Å²) in [6.45, 7) is 14.3. The molecule has 1 fully saturated rings. The van der Waals surface area contributed by atoms with Gasteiger partial charge in [0.25, 0.3) is 0 Å². The van der Waals surface area contributed by atoms with Gasteiger partial charge in [-0.2, -0.15) is 0 Å². The lowest BCUT2D eigenvalue weighted by Gasteiger charge is -2.40. The van der Waals surface area contributed by atoms with Crippen molar-refractivity contribution in [3.63, 3.8) is 0 Å². The van der Waals surface area contributed by atoms with Gasteiger partial charge in [-0.25, -0.2) is 4.79 Å². The van der Waals surface area contributed by atoms with Crippen molar-refractivity contribution in [2.75, 3.05) is 20.6 Å². The zero-order valence-electron chi connectivity index (χ0n) is 20.9. The molecular weight excluding hydrogens is 394 g/mol. The fraction of sp³-hybridized carbons (Fsp3) is 0.792. The predicted molar refractivity (Wildman–Crippen MR) is 124 cm³/mol. The van der Waals surface area contributed by atoms with Crippen molar-refractivity contribution >= 4 is 17.8 Å². The molecule has 0 bridgehead atoms. The normalized spacial score (nSPS) is 22.7. The Labute approximate surface area is 188 Å². The number of amides is 2. The minimum absolute atomic E-state index is 0.0232. The molecule has 0 unspecified atom stereocenters. The van der Waals surface area contributed by atoms with Crippen molar-refractivity contribution in [1.82, 2.24) is 15.1 Å². The Bertz CT molecular complexity index is 681. The number of rotatable bonds is 8. The van der Waals surface area contributed by atoms with Crippen LogP contribution in [0.5, 0.6) is 0 Å². The van der Waals surface area contributed by atoms with E-state index in [1.54, 1.807) is 18.0 Å². The Morgan fingerprint density at radius 3 is 2.23 bits per heavy atom. The highest BCUT2D eigenvalue weighted by atomic mass is 16.4. The van der Waals surface area contributed by atoms with E-state index < -0.39 is 17.4 Å². The molecule has 0 aliphatic carbocycles. The smallest absolute Gasteiger partial charge is 0.331 e. The second kappa shape index (κ2) is 11.1. The summed E-state index contributed by atoms with van der Waals surface area (Å²) < 4.78 is 0. The second-order valence-electron chi connectivity index (χ2n) is 10.5. The van der Waals surface area contributed by atoms with E-state index in [1.165, 1.54) is 6.92 Å². The highest BCUT2D eigenvalue weighted by Gasteiger charge is 2.39. The minimum atomic E-state index is -1.00. The Balaban J connectivity index is 3.08. The van der Waals surface area contributed by atoms with Crippen LogP contribution in [0.2, 0.25) is 0 Å². The summed E-state index contributed by atoms with van der Waals surface area (Å²) in [6, 6.07) is -1.32. The molecule has 31 heavy (non-hydrogen) atoms. The number of hydrogen-bond donors (Lipinski definition) is 2. The number of hydrogen-bond acceptors (Lipinski definition) is 4. The summed E-state index contributed by atoms with van der Waals surface area (Å²) >= 11 is 0. The predicted octanol–water partition coefficient (Wildman–Crippen LogP) is 3.15. The Hall–Kier alpha value is -1.89. The third-order valence-electron chi connectivity index (χ3n) is 6.44. The average Bonchev–Trinajstić information content (AvgIpc) is 2.67. The molecule has 0 aromatic heterocycles. The quantitative estimate of drug-likeness (QED) is 0.570. The maximum Gasteiger partial charge on any atom is 0.331 e. The van der Waals surface area contributed by atoms with Gasteiger partial charge in [0.2, 0.25) is 11.8 Å². The Morgan fingerprint density at radius 1 is 1.23 bits per heavy atom. The molecule has 0 aromatic rings. The van der Waals surface area contributed by atoms with Crippen LogP contribution in [0.4, 0.5) is 0 Å². The van der Waals surface area contributed by atoms with Crippen molar-refractivity contribution < 1.29 is 19.5 Å². The SMILES string of the molecule is CC[C@@H]1CC[C@H](C(=O)N[C@H](C(=O)N(C)[C@H](C=C(C)C(=O)O)C(C)C)C(C)(C)C)N(C)C1. The van der Waals surface area contributed by atoms with Crippen LogP contribution in [0.25, 0.3) is 0 Å². The van der Waals surface area contributed by atoms with Crippen molar-refractivity contribution in [3.05, 3.63) is 11.6 Å². The van der Waals surface area contributed by atoms with Crippen molar-refractivity contribution in [1.29, 1.82) is 0 Å². The first kappa shape index (κ1) is 27.1. The Kier molecular flexibility index (Phi) is 9.73. The summed E-state index contributed by atoms with van der Waals surface area (Å²) in [4.78, 5) is 41.6. The molecule has 2 N–H and O–H groups in total. The van der Waals surface area contributed by atoms with E-state index in [9.17, 15) is 19.5 Å². The third-order valence-corrected chi connectivity index (χ3v) is 6.44. The van der Waals surface area contributed by atoms with Gasteiger partial charge in [-0.3, -0.25) is 14.5 Å². The van der Waals surface area contributed by atoms with E-state index in [4.69, 9.17) is 0 Å². The van der Waals surface area contributed by atoms with Crippen LogP contribution >= 0.6 is 0 Å². The molecular formula is C24H43N3O4. The van der Waals surface area contributed by atoms with E-state index in [0.29, 0.717) is 5.92 Å². The molecule has 1 heterocycles. The number of nitrogens with zero attached hydrogens (tertiary/aromatic N) is 2. The van der Waals surface area contributed by atoms with Gasteiger partial charge in [0.15, 0.2) is 0 Å². The molecule has 1 aliphatic heterocycles. The third kappa shape index (κ3) is 7.34. The van der Waals surface area contributed by atoms with E-state index >= 15 is 0 Å². The summed E-state index contributed by atoms with van der Waals surface area (Å²) in [6.07, 6.45) is 4.53. The van der Waals surface area contributed by atoms with E-state index in [1.807, 2.05) is 41.7 Å². The highest BCUT2D eigenvalue weighted by molar-refractivity contribution is 5.91. The van der Waals surface area contributed by atoms with Crippen LogP contribution in [0, 0.1) is 17.3 Å². The summed E-state index contributed by atoms with van der Waals surface area (Å²) in [5.41, 5.74) is -0.295. The molecule has 7 heteroatoms. The lowest BCUT2D eigenvalue weighted by molar-refractivity contribution is -0.141. The van der Waals surface area contributed by atoms with Crippen LogP contribution < -0.4 is 5.32 Å².